The molecule has 1 fully saturated rings. The van der Waals surface area contributed by atoms with E-state index in [4.69, 9.17) is 16.7 Å². The molecule has 0 amide bonds. The van der Waals surface area contributed by atoms with Gasteiger partial charge in [0.15, 0.2) is 0 Å². The van der Waals surface area contributed by atoms with Crippen LogP contribution >= 0.6 is 11.6 Å². The summed E-state index contributed by atoms with van der Waals surface area (Å²) in [4.78, 5) is 8.95. The topological polar surface area (TPSA) is 37.2 Å². The summed E-state index contributed by atoms with van der Waals surface area (Å²) in [6.07, 6.45) is 5.59. The van der Waals surface area contributed by atoms with Crippen LogP contribution in [0.15, 0.2) is 55.0 Å². The van der Waals surface area contributed by atoms with Gasteiger partial charge in [0.25, 0.3) is 0 Å². The van der Waals surface area contributed by atoms with Gasteiger partial charge in [0.1, 0.15) is 0 Å². The third kappa shape index (κ3) is 3.65. The smallest absolute Gasteiger partial charge is 0.0937 e. The number of piperazine rings is 1. The van der Waals surface area contributed by atoms with E-state index < -0.39 is 0 Å². The van der Waals surface area contributed by atoms with E-state index in [9.17, 15) is 0 Å². The molecule has 26 heavy (non-hydrogen) atoms. The van der Waals surface area contributed by atoms with E-state index in [0.29, 0.717) is 0 Å². The fourth-order valence-electron chi connectivity index (χ4n) is 3.33. The second-order valence-corrected chi connectivity index (χ2v) is 7.15. The molecule has 0 spiro atoms. The second kappa shape index (κ2) is 7.58. The van der Waals surface area contributed by atoms with Crippen LogP contribution in [0.4, 0.5) is 0 Å². The summed E-state index contributed by atoms with van der Waals surface area (Å²) < 4.78 is 2.10. The lowest BCUT2D eigenvalue weighted by molar-refractivity contribution is 0.120. The maximum Gasteiger partial charge on any atom is 0.0937 e. The van der Waals surface area contributed by atoms with Gasteiger partial charge in [0, 0.05) is 54.7 Å². The Bertz CT molecular complexity index is 852. The summed E-state index contributed by atoms with van der Waals surface area (Å²) >= 11 is 6.10. The van der Waals surface area contributed by atoms with Crippen LogP contribution in [0.5, 0.6) is 0 Å². The highest BCUT2D eigenvalue weighted by Crippen LogP contribution is 2.32. The Hall–Kier alpha value is -2.21. The molecule has 1 aliphatic heterocycles. The fourth-order valence-corrected chi connectivity index (χ4v) is 3.45. The predicted molar refractivity (Wildman–Crippen MR) is 105 cm³/mol. The van der Waals surface area contributed by atoms with E-state index in [1.165, 1.54) is 0 Å². The van der Waals surface area contributed by atoms with Crippen molar-refractivity contribution in [3.05, 3.63) is 60.0 Å². The van der Waals surface area contributed by atoms with Gasteiger partial charge in [-0.3, -0.25) is 9.88 Å². The first-order chi connectivity index (χ1) is 12.7. The molecule has 2 aromatic heterocycles. The van der Waals surface area contributed by atoms with E-state index in [1.54, 1.807) is 0 Å². The lowest BCUT2D eigenvalue weighted by Crippen LogP contribution is -2.45. The van der Waals surface area contributed by atoms with Gasteiger partial charge in [-0.25, -0.2) is 4.68 Å². The largest absolute Gasteiger partial charge is 0.304 e. The second-order valence-electron chi connectivity index (χ2n) is 6.71. The lowest BCUT2D eigenvalue weighted by Gasteiger charge is -2.32. The highest BCUT2D eigenvalue weighted by molar-refractivity contribution is 6.30. The van der Waals surface area contributed by atoms with Gasteiger partial charge < -0.3 is 4.90 Å². The number of benzene rings is 1. The standard InChI is InChI=1S/C20H22ClN5/c1-24-10-12-25(13-11-24)15-26-20(17-2-4-18(21)5-3-17)19(14-23-26)16-6-8-22-9-7-16/h2-9,14H,10-13,15H2,1H3. The molecule has 1 aliphatic rings. The average molecular weight is 368 g/mol. The van der Waals surface area contributed by atoms with Gasteiger partial charge in [-0.2, -0.15) is 5.10 Å². The molecule has 3 aromatic rings. The van der Waals surface area contributed by atoms with Crippen LogP contribution < -0.4 is 0 Å². The first kappa shape index (κ1) is 17.2. The normalized spacial score (nSPS) is 16.1. The van der Waals surface area contributed by atoms with Crippen molar-refractivity contribution in [2.24, 2.45) is 0 Å². The van der Waals surface area contributed by atoms with E-state index in [1.807, 2.05) is 42.9 Å². The highest BCUT2D eigenvalue weighted by atomic mass is 35.5. The summed E-state index contributed by atoms with van der Waals surface area (Å²) in [7, 11) is 2.17. The molecule has 1 aromatic carbocycles. The zero-order valence-electron chi connectivity index (χ0n) is 14.8. The summed E-state index contributed by atoms with van der Waals surface area (Å²) in [5.41, 5.74) is 4.47. The van der Waals surface area contributed by atoms with E-state index in [-0.39, 0.29) is 0 Å². The van der Waals surface area contributed by atoms with Gasteiger partial charge in [-0.05, 0) is 36.9 Å². The zero-order valence-corrected chi connectivity index (χ0v) is 15.6. The van der Waals surface area contributed by atoms with Gasteiger partial charge in [-0.15, -0.1) is 0 Å². The minimum Gasteiger partial charge on any atom is -0.304 e. The summed E-state index contributed by atoms with van der Waals surface area (Å²) in [5, 5.41) is 5.45. The van der Waals surface area contributed by atoms with E-state index in [2.05, 4.69) is 38.6 Å². The Labute approximate surface area is 158 Å². The maximum absolute atomic E-state index is 6.10. The molecule has 0 radical (unpaired) electrons. The lowest BCUT2D eigenvalue weighted by atomic mass is 10.0. The maximum atomic E-state index is 6.10. The van der Waals surface area contributed by atoms with Gasteiger partial charge >= 0.3 is 0 Å². The Morgan fingerprint density at radius 3 is 2.31 bits per heavy atom. The number of pyridine rings is 1. The number of hydrogen-bond acceptors (Lipinski definition) is 4. The van der Waals surface area contributed by atoms with Gasteiger partial charge in [0.2, 0.25) is 0 Å². The van der Waals surface area contributed by atoms with Crippen LogP contribution in [0.3, 0.4) is 0 Å². The molecule has 0 saturated carbocycles. The van der Waals surface area contributed by atoms with Gasteiger partial charge in [-0.1, -0.05) is 23.7 Å². The SMILES string of the molecule is CN1CCN(Cn2ncc(-c3ccncc3)c2-c2ccc(Cl)cc2)CC1. The summed E-state index contributed by atoms with van der Waals surface area (Å²) in [5.74, 6) is 0. The van der Waals surface area contributed by atoms with Gasteiger partial charge in [0.05, 0.1) is 18.6 Å². The molecular formula is C20H22ClN5. The Morgan fingerprint density at radius 1 is 0.923 bits per heavy atom. The van der Waals surface area contributed by atoms with Crippen molar-refractivity contribution in [3.63, 3.8) is 0 Å². The Kier molecular flexibility index (Phi) is 5.02. The Balaban J connectivity index is 1.72. The number of aromatic nitrogens is 3. The molecule has 0 atom stereocenters. The first-order valence-corrected chi connectivity index (χ1v) is 9.21. The number of nitrogens with zero attached hydrogens (tertiary/aromatic N) is 5. The number of likely N-dealkylation sites (N-methyl/N-ethyl adjacent to an activating group) is 1. The molecule has 0 unspecified atom stereocenters. The molecule has 6 heteroatoms. The molecular weight excluding hydrogens is 346 g/mol. The number of hydrogen-bond donors (Lipinski definition) is 0. The molecule has 5 nitrogen and oxygen atoms in total. The monoisotopic (exact) mass is 367 g/mol. The zero-order chi connectivity index (χ0) is 17.9. The number of rotatable bonds is 4. The van der Waals surface area contributed by atoms with Crippen molar-refractivity contribution in [2.45, 2.75) is 6.67 Å². The van der Waals surface area contributed by atoms with Crippen LogP contribution in [-0.2, 0) is 6.67 Å². The van der Waals surface area contributed by atoms with Crippen molar-refractivity contribution in [2.75, 3.05) is 33.2 Å². The minimum atomic E-state index is 0.740. The summed E-state index contributed by atoms with van der Waals surface area (Å²) in [6.45, 7) is 5.09. The van der Waals surface area contributed by atoms with Crippen molar-refractivity contribution >= 4 is 11.6 Å². The average Bonchev–Trinajstić information content (AvgIpc) is 3.08. The third-order valence-electron chi connectivity index (χ3n) is 4.88. The van der Waals surface area contributed by atoms with E-state index >= 15 is 0 Å². The van der Waals surface area contributed by atoms with Crippen molar-refractivity contribution in [1.29, 1.82) is 0 Å². The summed E-state index contributed by atoms with van der Waals surface area (Å²) in [6, 6.07) is 12.0. The Morgan fingerprint density at radius 2 is 1.62 bits per heavy atom. The van der Waals surface area contributed by atoms with Crippen molar-refractivity contribution in [1.82, 2.24) is 24.6 Å². The van der Waals surface area contributed by atoms with Crippen molar-refractivity contribution in [3.8, 4) is 22.4 Å². The van der Waals surface area contributed by atoms with Crippen molar-refractivity contribution < 1.29 is 0 Å². The fraction of sp³-hybridized carbons (Fsp3) is 0.300. The molecule has 3 heterocycles. The van der Waals surface area contributed by atoms with Crippen LogP contribution in [0, 0.1) is 0 Å². The molecule has 1 saturated heterocycles. The predicted octanol–water partition coefficient (Wildman–Crippen LogP) is 3.47. The highest BCUT2D eigenvalue weighted by Gasteiger charge is 2.19. The molecule has 0 bridgehead atoms. The first-order valence-electron chi connectivity index (χ1n) is 8.84. The van der Waals surface area contributed by atoms with Crippen LogP contribution in [0.25, 0.3) is 22.4 Å². The minimum absolute atomic E-state index is 0.740. The third-order valence-corrected chi connectivity index (χ3v) is 5.13. The molecule has 134 valence electrons. The van der Waals surface area contributed by atoms with Crippen LogP contribution in [0.2, 0.25) is 5.02 Å². The number of halogens is 1. The molecule has 0 aliphatic carbocycles. The molecule has 0 N–H and O–H groups in total. The quantitative estimate of drug-likeness (QED) is 0.707. The molecule has 4 rings (SSSR count). The van der Waals surface area contributed by atoms with Crippen LogP contribution in [-0.4, -0.2) is 57.8 Å². The van der Waals surface area contributed by atoms with Crippen LogP contribution in [0.1, 0.15) is 0 Å². The van der Waals surface area contributed by atoms with E-state index in [0.717, 1.165) is 60.3 Å².